The zero-order valence-corrected chi connectivity index (χ0v) is 12.1. The van der Waals surface area contributed by atoms with Crippen LogP contribution in [0.2, 0.25) is 0 Å². The molecule has 1 aliphatic carbocycles. The Bertz CT molecular complexity index is 581. The van der Waals surface area contributed by atoms with E-state index in [0.29, 0.717) is 18.6 Å². The van der Waals surface area contributed by atoms with E-state index >= 15 is 0 Å². The second-order valence-electron chi connectivity index (χ2n) is 4.82. The van der Waals surface area contributed by atoms with E-state index in [1.165, 1.54) is 14.7 Å². The lowest BCUT2D eigenvalue weighted by Crippen LogP contribution is -2.43. The second kappa shape index (κ2) is 4.50. The maximum Gasteiger partial charge on any atom is 0.135 e. The highest BCUT2D eigenvalue weighted by Crippen LogP contribution is 2.48. The van der Waals surface area contributed by atoms with Crippen LogP contribution < -0.4 is 0 Å². The smallest absolute Gasteiger partial charge is 0.135 e. The first-order valence-corrected chi connectivity index (χ1v) is 7.12. The van der Waals surface area contributed by atoms with Crippen LogP contribution in [0.25, 0.3) is 0 Å². The highest BCUT2D eigenvalue weighted by Gasteiger charge is 2.46. The fourth-order valence-corrected chi connectivity index (χ4v) is 3.68. The molecule has 18 heavy (non-hydrogen) atoms. The molecule has 0 unspecified atom stereocenters. The molecule has 0 radical (unpaired) electrons. The molecule has 0 saturated heterocycles. The first-order chi connectivity index (χ1) is 8.72. The Hall–Kier alpha value is -1.16. The zero-order chi connectivity index (χ0) is 12.6. The number of halogens is 1. The summed E-state index contributed by atoms with van der Waals surface area (Å²) in [6.07, 6.45) is 1.27. The minimum Gasteiger partial charge on any atom is -0.300 e. The molecule has 0 aliphatic heterocycles. The summed E-state index contributed by atoms with van der Waals surface area (Å²) in [5.74, 6) is 0.360. The summed E-state index contributed by atoms with van der Waals surface area (Å²) in [6.45, 7) is 0. The zero-order valence-electron chi connectivity index (χ0n) is 9.90. The molecule has 1 fully saturated rings. The topological polar surface area (TPSA) is 17.1 Å². The Kier molecular flexibility index (Phi) is 2.98. The lowest BCUT2D eigenvalue weighted by atomic mass is 9.60. The molecule has 0 aromatic heterocycles. The lowest BCUT2D eigenvalue weighted by Gasteiger charge is -2.42. The monoisotopic (exact) mass is 348 g/mol. The largest absolute Gasteiger partial charge is 0.300 e. The summed E-state index contributed by atoms with van der Waals surface area (Å²) in [4.78, 5) is 11.6. The minimum atomic E-state index is -0.0872. The van der Waals surface area contributed by atoms with Crippen LogP contribution in [0, 0.1) is 3.57 Å². The Morgan fingerprint density at radius 1 is 0.889 bits per heavy atom. The van der Waals surface area contributed by atoms with Crippen molar-refractivity contribution in [3.8, 4) is 0 Å². The first-order valence-electron chi connectivity index (χ1n) is 6.05. The average molecular weight is 348 g/mol. The van der Waals surface area contributed by atoms with Crippen molar-refractivity contribution in [3.05, 3.63) is 69.3 Å². The molecule has 1 nitrogen and oxygen atoms in total. The fraction of sp³-hybridized carbons (Fsp3) is 0.188. The van der Waals surface area contributed by atoms with Gasteiger partial charge in [-0.2, -0.15) is 0 Å². The summed E-state index contributed by atoms with van der Waals surface area (Å²) >= 11 is 2.37. The van der Waals surface area contributed by atoms with E-state index in [2.05, 4.69) is 65.1 Å². The Morgan fingerprint density at radius 3 is 2.11 bits per heavy atom. The highest BCUT2D eigenvalue weighted by molar-refractivity contribution is 14.1. The molecule has 1 saturated carbocycles. The molecule has 2 aromatic rings. The van der Waals surface area contributed by atoms with Crippen LogP contribution in [0.15, 0.2) is 54.6 Å². The standard InChI is InChI=1S/C16H13IO/c17-15-9-5-4-8-14(15)16(10-13(18)11-16)12-6-2-1-3-7-12/h1-9H,10-11H2. The van der Waals surface area contributed by atoms with Crippen molar-refractivity contribution in [3.63, 3.8) is 0 Å². The van der Waals surface area contributed by atoms with E-state index in [1.807, 2.05) is 12.1 Å². The summed E-state index contributed by atoms with van der Waals surface area (Å²) in [5.41, 5.74) is 2.46. The molecular formula is C16H13IO. The van der Waals surface area contributed by atoms with E-state index in [1.54, 1.807) is 0 Å². The molecule has 0 heterocycles. The van der Waals surface area contributed by atoms with Crippen molar-refractivity contribution >= 4 is 28.4 Å². The second-order valence-corrected chi connectivity index (χ2v) is 5.98. The van der Waals surface area contributed by atoms with Crippen molar-refractivity contribution < 1.29 is 4.79 Å². The number of hydrogen-bond acceptors (Lipinski definition) is 1. The number of benzene rings is 2. The van der Waals surface area contributed by atoms with Crippen LogP contribution >= 0.6 is 22.6 Å². The van der Waals surface area contributed by atoms with Gasteiger partial charge in [-0.25, -0.2) is 0 Å². The number of carbonyl (C=O) groups is 1. The molecule has 0 N–H and O–H groups in total. The van der Waals surface area contributed by atoms with Gasteiger partial charge in [0.2, 0.25) is 0 Å². The molecule has 90 valence electrons. The van der Waals surface area contributed by atoms with E-state index in [-0.39, 0.29) is 5.41 Å². The highest BCUT2D eigenvalue weighted by atomic mass is 127. The normalized spacial score (nSPS) is 17.3. The van der Waals surface area contributed by atoms with Gasteiger partial charge in [0, 0.05) is 21.8 Å². The van der Waals surface area contributed by atoms with Crippen LogP contribution in [0.5, 0.6) is 0 Å². The molecule has 0 spiro atoms. The predicted molar refractivity (Wildman–Crippen MR) is 80.6 cm³/mol. The van der Waals surface area contributed by atoms with Crippen LogP contribution in [0.4, 0.5) is 0 Å². The number of Topliss-reactive ketones (excluding diaryl/α,β-unsaturated/α-hetero) is 1. The van der Waals surface area contributed by atoms with Gasteiger partial charge in [-0.3, -0.25) is 4.79 Å². The van der Waals surface area contributed by atoms with Crippen molar-refractivity contribution in [1.29, 1.82) is 0 Å². The van der Waals surface area contributed by atoms with E-state index in [9.17, 15) is 4.79 Å². The molecule has 0 atom stereocenters. The summed E-state index contributed by atoms with van der Waals surface area (Å²) in [5, 5.41) is 0. The first kappa shape index (κ1) is 11.9. The fourth-order valence-electron chi connectivity index (χ4n) is 2.78. The number of ketones is 1. The SMILES string of the molecule is O=C1CC(c2ccccc2)(c2ccccc2I)C1. The lowest BCUT2D eigenvalue weighted by molar-refractivity contribution is -0.127. The van der Waals surface area contributed by atoms with Crippen molar-refractivity contribution in [2.24, 2.45) is 0 Å². The molecule has 3 rings (SSSR count). The predicted octanol–water partition coefficient (Wildman–Crippen LogP) is 3.94. The van der Waals surface area contributed by atoms with Gasteiger partial charge < -0.3 is 0 Å². The van der Waals surface area contributed by atoms with Gasteiger partial charge >= 0.3 is 0 Å². The third kappa shape index (κ3) is 1.79. The maximum atomic E-state index is 11.6. The van der Waals surface area contributed by atoms with Gasteiger partial charge in [-0.1, -0.05) is 48.5 Å². The third-order valence-corrected chi connectivity index (χ3v) is 4.65. The van der Waals surface area contributed by atoms with Gasteiger partial charge in [0.25, 0.3) is 0 Å². The number of rotatable bonds is 2. The van der Waals surface area contributed by atoms with Crippen LogP contribution in [-0.4, -0.2) is 5.78 Å². The van der Waals surface area contributed by atoms with Crippen LogP contribution in [0.3, 0.4) is 0 Å². The quantitative estimate of drug-likeness (QED) is 0.752. The molecule has 0 amide bonds. The Labute approximate surface area is 120 Å². The Morgan fingerprint density at radius 2 is 1.50 bits per heavy atom. The molecule has 1 aliphatic rings. The summed E-state index contributed by atoms with van der Waals surface area (Å²) in [6, 6.07) is 18.8. The molecule has 0 bridgehead atoms. The van der Waals surface area contributed by atoms with Gasteiger partial charge in [0.05, 0.1) is 0 Å². The van der Waals surface area contributed by atoms with Gasteiger partial charge in [-0.05, 0) is 39.8 Å². The van der Waals surface area contributed by atoms with Crippen molar-refractivity contribution in [2.75, 3.05) is 0 Å². The molecule has 2 heteroatoms. The molecule has 2 aromatic carbocycles. The van der Waals surface area contributed by atoms with Gasteiger partial charge in [0.15, 0.2) is 0 Å². The Balaban J connectivity index is 2.15. The van der Waals surface area contributed by atoms with Crippen molar-refractivity contribution in [2.45, 2.75) is 18.3 Å². The summed E-state index contributed by atoms with van der Waals surface area (Å²) < 4.78 is 1.24. The van der Waals surface area contributed by atoms with E-state index in [4.69, 9.17) is 0 Å². The number of hydrogen-bond donors (Lipinski definition) is 0. The van der Waals surface area contributed by atoms with E-state index in [0.717, 1.165) is 0 Å². The average Bonchev–Trinajstić information content (AvgIpc) is 2.37. The van der Waals surface area contributed by atoms with Crippen molar-refractivity contribution in [1.82, 2.24) is 0 Å². The number of carbonyl (C=O) groups excluding carboxylic acids is 1. The van der Waals surface area contributed by atoms with Crippen LogP contribution in [0.1, 0.15) is 24.0 Å². The van der Waals surface area contributed by atoms with E-state index < -0.39 is 0 Å². The minimum absolute atomic E-state index is 0.0872. The van der Waals surface area contributed by atoms with Gasteiger partial charge in [-0.15, -0.1) is 0 Å². The van der Waals surface area contributed by atoms with Gasteiger partial charge in [0.1, 0.15) is 5.78 Å². The van der Waals surface area contributed by atoms with Crippen LogP contribution in [-0.2, 0) is 10.2 Å². The summed E-state index contributed by atoms with van der Waals surface area (Å²) in [7, 11) is 0. The third-order valence-electron chi connectivity index (χ3n) is 3.71. The maximum absolute atomic E-state index is 11.6. The molecular weight excluding hydrogens is 335 g/mol.